The van der Waals surface area contributed by atoms with Crippen molar-refractivity contribution in [1.29, 1.82) is 0 Å². The molecule has 13 heteroatoms. The Morgan fingerprint density at radius 1 is 1.24 bits per heavy atom. The van der Waals surface area contributed by atoms with Crippen LogP contribution in [0.2, 0.25) is 0 Å². The highest BCUT2D eigenvalue weighted by atomic mass is 32.2. The van der Waals surface area contributed by atoms with E-state index in [0.717, 1.165) is 22.3 Å². The Bertz CT molecular complexity index is 1300. The van der Waals surface area contributed by atoms with Crippen LogP contribution < -0.4 is 10.6 Å². The Labute approximate surface area is 204 Å². The fraction of sp³-hybridized carbons (Fsp3) is 0.476. The van der Waals surface area contributed by atoms with Gasteiger partial charge in [-0.1, -0.05) is 34.6 Å². The van der Waals surface area contributed by atoms with Gasteiger partial charge in [-0.25, -0.2) is 8.42 Å². The Balaban J connectivity index is 1.87. The summed E-state index contributed by atoms with van der Waals surface area (Å²) in [5, 5.41) is 18.9. The lowest BCUT2D eigenvalue weighted by Gasteiger charge is -2.18. The average molecular weight is 531 g/mol. The third-order valence-electron chi connectivity index (χ3n) is 5.39. The molecule has 0 saturated heterocycles. The van der Waals surface area contributed by atoms with Crippen molar-refractivity contribution >= 4 is 42.9 Å². The maximum Gasteiger partial charge on any atom is 0.279 e. The third kappa shape index (κ3) is 5.32. The van der Waals surface area contributed by atoms with E-state index in [2.05, 4.69) is 15.0 Å². The van der Waals surface area contributed by atoms with Gasteiger partial charge < -0.3 is 20.2 Å². The van der Waals surface area contributed by atoms with Crippen LogP contribution in [0, 0.1) is 0 Å². The van der Waals surface area contributed by atoms with Crippen molar-refractivity contribution in [1.82, 2.24) is 9.62 Å². The summed E-state index contributed by atoms with van der Waals surface area (Å²) in [4.78, 5) is 0. The van der Waals surface area contributed by atoms with E-state index in [-0.39, 0.29) is 46.5 Å². The number of thiophene rings is 1. The number of nitrogens with one attached hydrogen (secondary N) is 2. The molecule has 3 rings (SSSR count). The van der Waals surface area contributed by atoms with E-state index in [1.807, 2.05) is 26.8 Å². The predicted octanol–water partition coefficient (Wildman–Crippen LogP) is 3.94. The fourth-order valence-corrected chi connectivity index (χ4v) is 7.19. The topological polar surface area (TPSA) is 141 Å². The summed E-state index contributed by atoms with van der Waals surface area (Å²) in [5.41, 5.74) is 1.26. The van der Waals surface area contributed by atoms with E-state index < -0.39 is 25.8 Å². The highest BCUT2D eigenvalue weighted by Gasteiger charge is 2.31. The lowest BCUT2D eigenvalue weighted by molar-refractivity contribution is 0.428. The van der Waals surface area contributed by atoms with Gasteiger partial charge in [0.2, 0.25) is 0 Å². The number of hydrogen-bond donors (Lipinski definition) is 3. The van der Waals surface area contributed by atoms with E-state index in [9.17, 15) is 21.9 Å². The van der Waals surface area contributed by atoms with E-state index in [1.165, 1.54) is 9.69 Å². The van der Waals surface area contributed by atoms with Crippen molar-refractivity contribution in [2.45, 2.75) is 57.2 Å². The van der Waals surface area contributed by atoms with Crippen LogP contribution in [0.15, 0.2) is 41.8 Å². The first kappa shape index (κ1) is 26.3. The van der Waals surface area contributed by atoms with Gasteiger partial charge in [0.15, 0.2) is 15.8 Å². The Morgan fingerprint density at radius 2 is 1.91 bits per heavy atom. The molecule has 1 atom stereocenters. The van der Waals surface area contributed by atoms with Gasteiger partial charge in [0.05, 0.1) is 29.1 Å². The molecule has 0 aliphatic carbocycles. The van der Waals surface area contributed by atoms with Gasteiger partial charge >= 0.3 is 0 Å². The summed E-state index contributed by atoms with van der Waals surface area (Å²) in [5.74, 6) is 0.404. The maximum absolute atomic E-state index is 12.8. The van der Waals surface area contributed by atoms with Gasteiger partial charge in [-0.3, -0.25) is 0 Å². The normalized spacial score (nSPS) is 16.6. The lowest BCUT2D eigenvalue weighted by atomic mass is 10.1. The molecule has 0 spiro atoms. The highest BCUT2D eigenvalue weighted by molar-refractivity contribution is 7.93. The summed E-state index contributed by atoms with van der Waals surface area (Å²) in [7, 11) is -7.78. The molecule has 188 valence electrons. The van der Waals surface area contributed by atoms with Crippen LogP contribution in [0.25, 0.3) is 0 Å². The Morgan fingerprint density at radius 3 is 2.47 bits per heavy atom. The first-order chi connectivity index (χ1) is 15.9. The number of furan rings is 1. The largest absolute Gasteiger partial charge is 0.504 e. The minimum absolute atomic E-state index is 0.0472. The Hall–Kier alpha value is -2.35. The minimum Gasteiger partial charge on any atom is -0.504 e. The summed E-state index contributed by atoms with van der Waals surface area (Å²) in [6, 6.07) is 1.60. The molecular formula is C21H30N4O6S3. The van der Waals surface area contributed by atoms with Crippen LogP contribution in [0.4, 0.5) is 5.69 Å². The van der Waals surface area contributed by atoms with Gasteiger partial charge in [0.25, 0.3) is 20.0 Å². The standard InChI is InChI=1S/C21H30N4O6S3/c1-6-15(18-9-14(10-31-18)13(4)5)22-17-12-33(27,28)24-20(17)23-16-11-32-21(19(16)26)34(29,30)25(7-2)8-3/h9-13,15,22,26H,6-8H2,1-5H3,(H,23,24)/t15-/m1/s1. The number of aromatic hydroxyl groups is 1. The van der Waals surface area contributed by atoms with Crippen molar-refractivity contribution in [3.05, 3.63) is 40.1 Å². The Kier molecular flexibility index (Phi) is 7.80. The molecule has 0 unspecified atom stereocenters. The summed E-state index contributed by atoms with van der Waals surface area (Å²) >= 11 is 0.846. The van der Waals surface area contributed by atoms with Gasteiger partial charge in [-0.05, 0) is 24.0 Å². The number of amidine groups is 1. The zero-order valence-corrected chi connectivity index (χ0v) is 22.1. The fourth-order valence-electron chi connectivity index (χ4n) is 3.43. The molecule has 1 aliphatic heterocycles. The van der Waals surface area contributed by atoms with E-state index >= 15 is 0 Å². The zero-order valence-electron chi connectivity index (χ0n) is 19.7. The van der Waals surface area contributed by atoms with Gasteiger partial charge in [-0.15, -0.1) is 15.7 Å². The van der Waals surface area contributed by atoms with Crippen LogP contribution in [0.3, 0.4) is 0 Å². The molecule has 3 N–H and O–H groups in total. The van der Waals surface area contributed by atoms with Crippen LogP contribution in [-0.4, -0.2) is 45.2 Å². The molecule has 0 aromatic carbocycles. The number of sulfonamides is 2. The summed E-state index contributed by atoms with van der Waals surface area (Å²) in [6.07, 6.45) is 2.28. The molecule has 2 aromatic heterocycles. The third-order valence-corrected chi connectivity index (χ3v) is 9.90. The molecule has 0 saturated carbocycles. The molecule has 0 amide bonds. The highest BCUT2D eigenvalue weighted by Crippen LogP contribution is 2.39. The number of rotatable bonds is 10. The monoisotopic (exact) mass is 530 g/mol. The quantitative estimate of drug-likeness (QED) is 0.419. The molecular weight excluding hydrogens is 500 g/mol. The predicted molar refractivity (Wildman–Crippen MR) is 133 cm³/mol. The SMILES string of the molecule is CC[C@@H](NC1=CS(=O)(=O)N=C1Nc1csc(S(=O)(=O)N(CC)CC)c1O)c1cc(C(C)C)co1. The van der Waals surface area contributed by atoms with E-state index in [0.29, 0.717) is 12.2 Å². The van der Waals surface area contributed by atoms with Gasteiger partial charge in [0, 0.05) is 18.5 Å². The summed E-state index contributed by atoms with van der Waals surface area (Å²) in [6.45, 7) is 9.95. The van der Waals surface area contributed by atoms with Crippen molar-refractivity contribution in [3.8, 4) is 5.75 Å². The van der Waals surface area contributed by atoms with Crippen LogP contribution in [0.1, 0.15) is 64.3 Å². The van der Waals surface area contributed by atoms with Crippen molar-refractivity contribution < 1.29 is 26.4 Å². The van der Waals surface area contributed by atoms with Crippen LogP contribution in [-0.2, 0) is 20.0 Å². The molecule has 3 heterocycles. The van der Waals surface area contributed by atoms with Crippen molar-refractivity contribution in [2.75, 3.05) is 18.4 Å². The number of hydrogen-bond acceptors (Lipinski definition) is 9. The van der Waals surface area contributed by atoms with Gasteiger partial charge in [0.1, 0.15) is 5.76 Å². The molecule has 10 nitrogen and oxygen atoms in total. The maximum atomic E-state index is 12.8. The molecule has 34 heavy (non-hydrogen) atoms. The minimum atomic E-state index is -3.90. The lowest BCUT2D eigenvalue weighted by Crippen LogP contribution is -2.30. The first-order valence-corrected chi connectivity index (χ1v) is 14.7. The second-order valence-electron chi connectivity index (χ2n) is 8.03. The molecule has 0 fully saturated rings. The zero-order chi connectivity index (χ0) is 25.3. The average Bonchev–Trinajstić information content (AvgIpc) is 3.45. The first-order valence-electron chi connectivity index (χ1n) is 10.9. The second kappa shape index (κ2) is 10.1. The van der Waals surface area contributed by atoms with E-state index in [1.54, 1.807) is 20.1 Å². The molecule has 0 radical (unpaired) electrons. The van der Waals surface area contributed by atoms with Crippen molar-refractivity contribution in [3.63, 3.8) is 0 Å². The molecule has 1 aliphatic rings. The molecule has 2 aromatic rings. The second-order valence-corrected chi connectivity index (χ2v) is 12.5. The smallest absolute Gasteiger partial charge is 0.279 e. The molecule has 0 bridgehead atoms. The van der Waals surface area contributed by atoms with Gasteiger partial charge in [-0.2, -0.15) is 12.7 Å². The van der Waals surface area contributed by atoms with E-state index in [4.69, 9.17) is 4.42 Å². The number of nitrogens with zero attached hydrogens (tertiary/aromatic N) is 2. The van der Waals surface area contributed by atoms with Crippen LogP contribution >= 0.6 is 11.3 Å². The van der Waals surface area contributed by atoms with Crippen molar-refractivity contribution in [2.24, 2.45) is 4.40 Å². The number of anilines is 1. The van der Waals surface area contributed by atoms with Crippen LogP contribution in [0.5, 0.6) is 5.75 Å². The summed E-state index contributed by atoms with van der Waals surface area (Å²) < 4.78 is 60.5.